The molecule has 1 amide bonds. The highest BCUT2D eigenvalue weighted by atomic mass is 35.5. The van der Waals surface area contributed by atoms with Crippen LogP contribution in [0.15, 0.2) is 18.2 Å². The van der Waals surface area contributed by atoms with E-state index in [9.17, 15) is 14.9 Å². The van der Waals surface area contributed by atoms with E-state index in [-0.39, 0.29) is 28.6 Å². The molecule has 1 aromatic carbocycles. The zero-order valence-corrected chi connectivity index (χ0v) is 13.5. The van der Waals surface area contributed by atoms with Gasteiger partial charge in [0.1, 0.15) is 5.56 Å². The second kappa shape index (κ2) is 6.89. The van der Waals surface area contributed by atoms with Gasteiger partial charge in [-0.05, 0) is 24.8 Å². The SMILES string of the molecule is Cc1cccc(C(=O)NCC(Cl)CC(C)(C)C)c1[N+](=O)[O-]. The highest BCUT2D eigenvalue weighted by molar-refractivity contribution is 6.21. The van der Waals surface area contributed by atoms with Gasteiger partial charge < -0.3 is 5.32 Å². The van der Waals surface area contributed by atoms with Crippen LogP contribution in [0.3, 0.4) is 0 Å². The second-order valence-electron chi connectivity index (χ2n) is 6.30. The molecule has 0 fully saturated rings. The second-order valence-corrected chi connectivity index (χ2v) is 6.92. The van der Waals surface area contributed by atoms with Crippen LogP contribution in [0.4, 0.5) is 5.69 Å². The Morgan fingerprint density at radius 1 is 1.43 bits per heavy atom. The first-order valence-corrected chi connectivity index (χ1v) is 7.22. The zero-order valence-electron chi connectivity index (χ0n) is 12.8. The maximum atomic E-state index is 12.1. The van der Waals surface area contributed by atoms with E-state index < -0.39 is 10.8 Å². The topological polar surface area (TPSA) is 72.2 Å². The fourth-order valence-corrected chi connectivity index (χ4v) is 2.66. The molecule has 1 aromatic rings. The third kappa shape index (κ3) is 5.34. The summed E-state index contributed by atoms with van der Waals surface area (Å²) in [6, 6.07) is 4.69. The predicted molar refractivity (Wildman–Crippen MR) is 83.9 cm³/mol. The van der Waals surface area contributed by atoms with Crippen LogP contribution in [-0.4, -0.2) is 22.8 Å². The number of nitrogens with zero attached hydrogens (tertiary/aromatic N) is 1. The Labute approximate surface area is 129 Å². The number of amides is 1. The van der Waals surface area contributed by atoms with E-state index in [2.05, 4.69) is 26.1 Å². The number of hydrogen-bond donors (Lipinski definition) is 1. The number of hydrogen-bond acceptors (Lipinski definition) is 3. The third-order valence-corrected chi connectivity index (χ3v) is 3.29. The lowest BCUT2D eigenvalue weighted by molar-refractivity contribution is -0.385. The van der Waals surface area contributed by atoms with E-state index in [0.717, 1.165) is 6.42 Å². The van der Waals surface area contributed by atoms with Gasteiger partial charge in [0.05, 0.1) is 10.3 Å². The van der Waals surface area contributed by atoms with Crippen molar-refractivity contribution in [2.24, 2.45) is 5.41 Å². The molecule has 0 radical (unpaired) electrons. The molecular formula is C15H21ClN2O3. The van der Waals surface area contributed by atoms with Gasteiger partial charge in [-0.2, -0.15) is 0 Å². The van der Waals surface area contributed by atoms with Crippen LogP contribution in [0.5, 0.6) is 0 Å². The molecule has 0 spiro atoms. The van der Waals surface area contributed by atoms with Crippen LogP contribution in [0.2, 0.25) is 0 Å². The molecule has 0 saturated carbocycles. The van der Waals surface area contributed by atoms with Gasteiger partial charge in [0.2, 0.25) is 0 Å². The van der Waals surface area contributed by atoms with Crippen LogP contribution >= 0.6 is 11.6 Å². The van der Waals surface area contributed by atoms with Crippen LogP contribution in [-0.2, 0) is 0 Å². The summed E-state index contributed by atoms with van der Waals surface area (Å²) < 4.78 is 0. The average Bonchev–Trinajstić information content (AvgIpc) is 2.33. The molecular weight excluding hydrogens is 292 g/mol. The quantitative estimate of drug-likeness (QED) is 0.512. The number of rotatable bonds is 5. The van der Waals surface area contributed by atoms with Crippen molar-refractivity contribution < 1.29 is 9.72 Å². The van der Waals surface area contributed by atoms with E-state index in [1.54, 1.807) is 19.1 Å². The molecule has 116 valence electrons. The summed E-state index contributed by atoms with van der Waals surface area (Å²) in [4.78, 5) is 22.7. The maximum Gasteiger partial charge on any atom is 0.285 e. The first-order chi connectivity index (χ1) is 9.61. The summed E-state index contributed by atoms with van der Waals surface area (Å²) >= 11 is 6.18. The van der Waals surface area contributed by atoms with Crippen molar-refractivity contribution in [3.8, 4) is 0 Å². The lowest BCUT2D eigenvalue weighted by Crippen LogP contribution is -2.32. The molecule has 21 heavy (non-hydrogen) atoms. The summed E-state index contributed by atoms with van der Waals surface area (Å²) in [6.07, 6.45) is 0.741. The first-order valence-electron chi connectivity index (χ1n) is 6.78. The molecule has 0 aliphatic heterocycles. The first kappa shape index (κ1) is 17.4. The van der Waals surface area contributed by atoms with Crippen molar-refractivity contribution in [3.05, 3.63) is 39.4 Å². The van der Waals surface area contributed by atoms with E-state index in [1.165, 1.54) is 6.07 Å². The summed E-state index contributed by atoms with van der Waals surface area (Å²) in [5.41, 5.74) is 0.438. The maximum absolute atomic E-state index is 12.1. The predicted octanol–water partition coefficient (Wildman–Crippen LogP) is 3.68. The van der Waals surface area contributed by atoms with E-state index >= 15 is 0 Å². The van der Waals surface area contributed by atoms with Gasteiger partial charge in [-0.25, -0.2) is 0 Å². The number of halogens is 1. The highest BCUT2D eigenvalue weighted by Gasteiger charge is 2.23. The smallest absolute Gasteiger partial charge is 0.285 e. The molecule has 0 aliphatic carbocycles. The van der Waals surface area contributed by atoms with Crippen LogP contribution < -0.4 is 5.32 Å². The molecule has 6 heteroatoms. The number of carbonyl (C=O) groups is 1. The Balaban J connectivity index is 2.78. The lowest BCUT2D eigenvalue weighted by Gasteiger charge is -2.22. The lowest BCUT2D eigenvalue weighted by atomic mass is 9.90. The van der Waals surface area contributed by atoms with Crippen LogP contribution in [0.25, 0.3) is 0 Å². The number of nitrogens with one attached hydrogen (secondary N) is 1. The minimum Gasteiger partial charge on any atom is -0.350 e. The molecule has 0 aromatic heterocycles. The number of alkyl halides is 1. The molecule has 1 N–H and O–H groups in total. The van der Waals surface area contributed by atoms with Crippen LogP contribution in [0.1, 0.15) is 43.1 Å². The minimum absolute atomic E-state index is 0.0620. The number of benzene rings is 1. The molecule has 0 heterocycles. The summed E-state index contributed by atoms with van der Waals surface area (Å²) in [6.45, 7) is 8.09. The Morgan fingerprint density at radius 2 is 2.05 bits per heavy atom. The van der Waals surface area contributed by atoms with Gasteiger partial charge >= 0.3 is 0 Å². The van der Waals surface area contributed by atoms with Crippen molar-refractivity contribution in [1.29, 1.82) is 0 Å². The number of aryl methyl sites for hydroxylation is 1. The van der Waals surface area contributed by atoms with Crippen molar-refractivity contribution in [1.82, 2.24) is 5.32 Å². The number of para-hydroxylation sites is 1. The average molecular weight is 313 g/mol. The van der Waals surface area contributed by atoms with Gasteiger partial charge in [-0.1, -0.05) is 32.9 Å². The van der Waals surface area contributed by atoms with E-state index in [1.807, 2.05) is 0 Å². The number of nitro benzene ring substituents is 1. The zero-order chi connectivity index (χ0) is 16.2. The van der Waals surface area contributed by atoms with Gasteiger partial charge in [-0.15, -0.1) is 11.6 Å². The summed E-state index contributed by atoms with van der Waals surface area (Å²) in [5.74, 6) is -0.468. The fourth-order valence-electron chi connectivity index (χ4n) is 2.12. The van der Waals surface area contributed by atoms with Crippen LogP contribution in [0, 0.1) is 22.5 Å². The van der Waals surface area contributed by atoms with Crippen molar-refractivity contribution in [3.63, 3.8) is 0 Å². The van der Waals surface area contributed by atoms with Gasteiger partial charge in [0.15, 0.2) is 0 Å². The molecule has 0 bridgehead atoms. The largest absolute Gasteiger partial charge is 0.350 e. The number of nitro groups is 1. The van der Waals surface area contributed by atoms with Gasteiger partial charge in [0.25, 0.3) is 11.6 Å². The minimum atomic E-state index is -0.530. The summed E-state index contributed by atoms with van der Waals surface area (Å²) in [7, 11) is 0. The number of carbonyl (C=O) groups excluding carboxylic acids is 1. The Morgan fingerprint density at radius 3 is 2.57 bits per heavy atom. The van der Waals surface area contributed by atoms with E-state index in [0.29, 0.717) is 5.56 Å². The van der Waals surface area contributed by atoms with Crippen molar-refractivity contribution >= 4 is 23.2 Å². The molecule has 1 unspecified atom stereocenters. The van der Waals surface area contributed by atoms with Crippen molar-refractivity contribution in [2.75, 3.05) is 6.54 Å². The monoisotopic (exact) mass is 312 g/mol. The standard InChI is InChI=1S/C15H21ClN2O3/c1-10-6-5-7-12(13(10)18(20)21)14(19)17-9-11(16)8-15(2,3)4/h5-7,11H,8-9H2,1-4H3,(H,17,19). The Bertz CT molecular complexity index is 538. The highest BCUT2D eigenvalue weighted by Crippen LogP contribution is 2.24. The molecule has 1 atom stereocenters. The van der Waals surface area contributed by atoms with Gasteiger partial charge in [-0.3, -0.25) is 14.9 Å². The molecule has 5 nitrogen and oxygen atoms in total. The van der Waals surface area contributed by atoms with Crippen molar-refractivity contribution in [2.45, 2.75) is 39.5 Å². The molecule has 0 saturated heterocycles. The molecule has 1 rings (SSSR count). The Kier molecular flexibility index (Phi) is 5.72. The van der Waals surface area contributed by atoms with E-state index in [4.69, 9.17) is 11.6 Å². The Hall–Kier alpha value is -1.62. The fraction of sp³-hybridized carbons (Fsp3) is 0.533. The normalized spacial score (nSPS) is 12.8. The molecule has 0 aliphatic rings. The third-order valence-electron chi connectivity index (χ3n) is 2.98. The summed E-state index contributed by atoms with van der Waals surface area (Å²) in [5, 5.41) is 13.5. The van der Waals surface area contributed by atoms with Gasteiger partial charge in [0, 0.05) is 12.1 Å².